The zero-order valence-corrected chi connectivity index (χ0v) is 32.0. The highest BCUT2D eigenvalue weighted by atomic mass is 15.0. The zero-order chi connectivity index (χ0) is 38.9. The molecular weight excluding hydrogens is 715 g/mol. The van der Waals surface area contributed by atoms with Crippen LogP contribution in [0.1, 0.15) is 22.3 Å². The van der Waals surface area contributed by atoms with Gasteiger partial charge in [-0.3, -0.25) is 0 Å². The number of hydrogen-bond acceptors (Lipinski definition) is 3. The maximum atomic E-state index is 5.12. The van der Waals surface area contributed by atoms with E-state index in [-0.39, 0.29) is 5.41 Å². The predicted molar refractivity (Wildman–Crippen MR) is 241 cm³/mol. The Labute approximate surface area is 343 Å². The average Bonchev–Trinajstić information content (AvgIpc) is 3.79. The summed E-state index contributed by atoms with van der Waals surface area (Å²) >= 11 is 0. The third-order valence-corrected chi connectivity index (χ3v) is 12.4. The number of nitrogens with zero attached hydrogens (tertiary/aromatic N) is 3. The summed E-state index contributed by atoms with van der Waals surface area (Å²) in [6, 6.07) is 76.4. The summed E-state index contributed by atoms with van der Waals surface area (Å²) in [6.45, 7) is 0. The van der Waals surface area contributed by atoms with Gasteiger partial charge in [-0.2, -0.15) is 0 Å². The Kier molecular flexibility index (Phi) is 7.45. The second-order valence-corrected chi connectivity index (χ2v) is 15.5. The van der Waals surface area contributed by atoms with Crippen LogP contribution < -0.4 is 0 Å². The smallest absolute Gasteiger partial charge is 0.164 e. The van der Waals surface area contributed by atoms with Crippen LogP contribution in [0.5, 0.6) is 0 Å². The SMILES string of the molecule is c1ccc(-c2nc(-c3cccc(-c4ccc(-c5ccc6c(c5)C5(c7ccccc7-c7ccccc75)c5ccccc5-6)cc4)c3)nc(-c3cccc4ccccc34)n2)cc1. The molecule has 0 aliphatic heterocycles. The van der Waals surface area contributed by atoms with Gasteiger partial charge in [0.15, 0.2) is 17.5 Å². The van der Waals surface area contributed by atoms with E-state index in [0.29, 0.717) is 17.5 Å². The van der Waals surface area contributed by atoms with Crippen molar-refractivity contribution in [2.75, 3.05) is 0 Å². The molecular formula is C56H35N3. The van der Waals surface area contributed by atoms with Crippen molar-refractivity contribution in [2.45, 2.75) is 5.41 Å². The van der Waals surface area contributed by atoms with Gasteiger partial charge < -0.3 is 0 Å². The highest BCUT2D eigenvalue weighted by Gasteiger charge is 2.51. The summed E-state index contributed by atoms with van der Waals surface area (Å²) < 4.78 is 0. The van der Waals surface area contributed by atoms with Crippen LogP contribution in [-0.4, -0.2) is 15.0 Å². The third-order valence-electron chi connectivity index (χ3n) is 12.4. The van der Waals surface area contributed by atoms with Gasteiger partial charge in [0.1, 0.15) is 0 Å². The molecule has 3 nitrogen and oxygen atoms in total. The molecule has 0 amide bonds. The van der Waals surface area contributed by atoms with Crippen molar-refractivity contribution in [1.82, 2.24) is 15.0 Å². The molecule has 0 fully saturated rings. The Bertz CT molecular complexity index is 3210. The monoisotopic (exact) mass is 749 g/mol. The number of hydrogen-bond donors (Lipinski definition) is 0. The summed E-state index contributed by atoms with van der Waals surface area (Å²) in [7, 11) is 0. The molecule has 0 unspecified atom stereocenters. The molecule has 0 saturated carbocycles. The van der Waals surface area contributed by atoms with Gasteiger partial charge in [-0.1, -0.05) is 200 Å². The topological polar surface area (TPSA) is 38.7 Å². The van der Waals surface area contributed by atoms with Crippen LogP contribution in [0.2, 0.25) is 0 Å². The van der Waals surface area contributed by atoms with Gasteiger partial charge in [0.25, 0.3) is 0 Å². The van der Waals surface area contributed by atoms with Crippen LogP contribution in [0.3, 0.4) is 0 Å². The predicted octanol–water partition coefficient (Wildman–Crippen LogP) is 13.7. The molecule has 1 heterocycles. The van der Waals surface area contributed by atoms with Crippen molar-refractivity contribution in [3.05, 3.63) is 235 Å². The van der Waals surface area contributed by atoms with E-state index in [1.165, 1.54) is 55.6 Å². The quantitative estimate of drug-likeness (QED) is 0.176. The van der Waals surface area contributed by atoms with E-state index < -0.39 is 0 Å². The fourth-order valence-corrected chi connectivity index (χ4v) is 9.73. The van der Waals surface area contributed by atoms with Crippen LogP contribution in [0.4, 0.5) is 0 Å². The summed E-state index contributed by atoms with van der Waals surface area (Å²) in [5.74, 6) is 1.95. The number of fused-ring (bicyclic) bond motifs is 11. The molecule has 10 aromatic rings. The van der Waals surface area contributed by atoms with Gasteiger partial charge in [-0.25, -0.2) is 15.0 Å². The molecule has 1 spiro atoms. The molecule has 12 rings (SSSR count). The second-order valence-electron chi connectivity index (χ2n) is 15.5. The van der Waals surface area contributed by atoms with E-state index in [2.05, 4.69) is 194 Å². The summed E-state index contributed by atoms with van der Waals surface area (Å²) in [6.07, 6.45) is 0. The average molecular weight is 750 g/mol. The van der Waals surface area contributed by atoms with Crippen molar-refractivity contribution in [3.63, 3.8) is 0 Å². The molecule has 9 aromatic carbocycles. The van der Waals surface area contributed by atoms with Crippen LogP contribution in [0.25, 0.3) is 89.4 Å². The van der Waals surface area contributed by atoms with Gasteiger partial charge in [-0.05, 0) is 89.7 Å². The van der Waals surface area contributed by atoms with Gasteiger partial charge >= 0.3 is 0 Å². The van der Waals surface area contributed by atoms with Crippen LogP contribution in [0, 0.1) is 0 Å². The van der Waals surface area contributed by atoms with Gasteiger partial charge in [-0.15, -0.1) is 0 Å². The normalized spacial score (nSPS) is 12.9. The number of aromatic nitrogens is 3. The first-order chi connectivity index (χ1) is 29.2. The molecule has 2 aliphatic rings. The Balaban J connectivity index is 0.936. The minimum Gasteiger partial charge on any atom is -0.208 e. The maximum Gasteiger partial charge on any atom is 0.164 e. The van der Waals surface area contributed by atoms with Crippen LogP contribution in [-0.2, 0) is 5.41 Å². The largest absolute Gasteiger partial charge is 0.208 e. The van der Waals surface area contributed by atoms with E-state index in [1.54, 1.807) is 0 Å². The van der Waals surface area contributed by atoms with E-state index in [1.807, 2.05) is 18.2 Å². The van der Waals surface area contributed by atoms with Crippen molar-refractivity contribution in [3.8, 4) is 78.7 Å². The minimum atomic E-state index is -0.363. The lowest BCUT2D eigenvalue weighted by atomic mass is 9.70. The van der Waals surface area contributed by atoms with Crippen LogP contribution in [0.15, 0.2) is 212 Å². The van der Waals surface area contributed by atoms with Gasteiger partial charge in [0.2, 0.25) is 0 Å². The van der Waals surface area contributed by atoms with E-state index in [0.717, 1.165) is 38.6 Å². The van der Waals surface area contributed by atoms with Crippen molar-refractivity contribution < 1.29 is 0 Å². The molecule has 0 saturated heterocycles. The zero-order valence-electron chi connectivity index (χ0n) is 32.0. The Morgan fingerprint density at radius 1 is 0.254 bits per heavy atom. The lowest BCUT2D eigenvalue weighted by Gasteiger charge is -2.30. The van der Waals surface area contributed by atoms with Crippen LogP contribution >= 0.6 is 0 Å². The molecule has 274 valence electrons. The van der Waals surface area contributed by atoms with Crippen molar-refractivity contribution in [1.29, 1.82) is 0 Å². The second kappa shape index (κ2) is 13.2. The first-order valence-electron chi connectivity index (χ1n) is 20.2. The Morgan fingerprint density at radius 2 is 0.695 bits per heavy atom. The fraction of sp³-hybridized carbons (Fsp3) is 0.0179. The molecule has 0 N–H and O–H groups in total. The van der Waals surface area contributed by atoms with Gasteiger partial charge in [0.05, 0.1) is 5.41 Å². The van der Waals surface area contributed by atoms with E-state index in [9.17, 15) is 0 Å². The van der Waals surface area contributed by atoms with E-state index in [4.69, 9.17) is 15.0 Å². The molecule has 0 bridgehead atoms. The first-order valence-corrected chi connectivity index (χ1v) is 20.2. The van der Waals surface area contributed by atoms with E-state index >= 15 is 0 Å². The highest BCUT2D eigenvalue weighted by molar-refractivity contribution is 5.97. The molecule has 0 radical (unpaired) electrons. The highest BCUT2D eigenvalue weighted by Crippen LogP contribution is 2.63. The van der Waals surface area contributed by atoms with Crippen molar-refractivity contribution in [2.24, 2.45) is 0 Å². The minimum absolute atomic E-state index is 0.363. The molecule has 1 aromatic heterocycles. The Morgan fingerprint density at radius 3 is 1.37 bits per heavy atom. The fourth-order valence-electron chi connectivity index (χ4n) is 9.73. The maximum absolute atomic E-state index is 5.12. The molecule has 3 heteroatoms. The first kappa shape index (κ1) is 33.4. The van der Waals surface area contributed by atoms with Gasteiger partial charge in [0, 0.05) is 16.7 Å². The standard InChI is InChI=1S/C56H35N3/c1-2-15-39(16-3-1)53-57-54(59-55(58-53)48-24-13-17-38-14-4-5-20-43(38)48)42-19-12-18-40(34-42)36-28-30-37(31-29-36)41-32-33-47-46-23-8-11-27-51(46)56(52(47)35-41)49-25-9-6-21-44(49)45-22-7-10-26-50(45)56/h1-35H. The lowest BCUT2D eigenvalue weighted by Crippen LogP contribution is -2.25. The summed E-state index contributed by atoms with van der Waals surface area (Å²) in [5, 5.41) is 2.26. The third kappa shape index (κ3) is 5.11. The van der Waals surface area contributed by atoms with Crippen molar-refractivity contribution >= 4 is 10.8 Å². The lowest BCUT2D eigenvalue weighted by molar-refractivity contribution is 0.794. The summed E-state index contributed by atoms with van der Waals surface area (Å²) in [5.41, 5.74) is 17.8. The number of benzene rings is 9. The molecule has 2 aliphatic carbocycles. The summed E-state index contributed by atoms with van der Waals surface area (Å²) in [4.78, 5) is 15.2. The molecule has 59 heavy (non-hydrogen) atoms. The Hall–Kier alpha value is -7.75. The number of rotatable bonds is 5. The molecule has 0 atom stereocenters.